The van der Waals surface area contributed by atoms with Crippen LogP contribution in [0.2, 0.25) is 0 Å². The third-order valence-corrected chi connectivity index (χ3v) is 3.58. The Kier molecular flexibility index (Phi) is 5.95. The fourth-order valence-corrected chi connectivity index (χ4v) is 2.34. The normalized spacial score (nSPS) is 15.9. The molecule has 1 fully saturated rings. The Morgan fingerprint density at radius 2 is 1.90 bits per heavy atom. The Balaban J connectivity index is 1.93. The largest absolute Gasteiger partial charge is 0.481 e. The number of rotatable bonds is 7. The lowest BCUT2D eigenvalue weighted by atomic mass is 10.2. The second-order valence-corrected chi connectivity index (χ2v) is 5.06. The van der Waals surface area contributed by atoms with Gasteiger partial charge < -0.3 is 14.7 Å². The number of carboxylic acid groups (broad SMARTS) is 1. The van der Waals surface area contributed by atoms with Crippen LogP contribution in [-0.2, 0) is 9.53 Å². The summed E-state index contributed by atoms with van der Waals surface area (Å²) in [5, 5.41) is 8.86. The highest BCUT2D eigenvalue weighted by Crippen LogP contribution is 2.15. The Labute approximate surface area is 123 Å². The van der Waals surface area contributed by atoms with Crippen LogP contribution in [0.3, 0.4) is 0 Å². The van der Waals surface area contributed by atoms with E-state index in [2.05, 4.69) is 4.90 Å². The zero-order chi connectivity index (χ0) is 15.1. The van der Waals surface area contributed by atoms with Crippen LogP contribution in [0.25, 0.3) is 0 Å². The van der Waals surface area contributed by atoms with Crippen LogP contribution in [0.4, 0.5) is 10.1 Å². The predicted octanol–water partition coefficient (Wildman–Crippen LogP) is 1.44. The highest BCUT2D eigenvalue weighted by Gasteiger charge is 2.14. The maximum absolute atomic E-state index is 13.0. The van der Waals surface area contributed by atoms with Crippen LogP contribution in [0.1, 0.15) is 6.42 Å². The number of nitrogens with zero attached hydrogens (tertiary/aromatic N) is 2. The molecule has 0 saturated carbocycles. The van der Waals surface area contributed by atoms with Gasteiger partial charge in [-0.3, -0.25) is 9.69 Å². The first-order valence-electron chi connectivity index (χ1n) is 7.17. The van der Waals surface area contributed by atoms with Gasteiger partial charge in [0, 0.05) is 38.4 Å². The lowest BCUT2D eigenvalue weighted by Gasteiger charge is -2.31. The van der Waals surface area contributed by atoms with Gasteiger partial charge >= 0.3 is 5.97 Å². The van der Waals surface area contributed by atoms with Crippen molar-refractivity contribution in [2.45, 2.75) is 6.42 Å². The van der Waals surface area contributed by atoms with Crippen molar-refractivity contribution in [1.82, 2.24) is 4.90 Å². The highest BCUT2D eigenvalue weighted by atomic mass is 19.1. The smallest absolute Gasteiger partial charge is 0.305 e. The van der Waals surface area contributed by atoms with E-state index in [4.69, 9.17) is 9.84 Å². The number of anilines is 1. The number of benzene rings is 1. The summed E-state index contributed by atoms with van der Waals surface area (Å²) in [6.45, 7) is 5.27. The number of ether oxygens (including phenoxy) is 1. The SMILES string of the molecule is O=C(O)CCN(CCN1CCOCC1)c1ccc(F)cc1. The molecule has 1 aliphatic rings. The molecule has 0 amide bonds. The monoisotopic (exact) mass is 296 g/mol. The second kappa shape index (κ2) is 7.95. The van der Waals surface area contributed by atoms with Crippen molar-refractivity contribution in [3.63, 3.8) is 0 Å². The molecule has 0 spiro atoms. The average Bonchev–Trinajstić information content (AvgIpc) is 2.49. The highest BCUT2D eigenvalue weighted by molar-refractivity contribution is 5.67. The summed E-state index contributed by atoms with van der Waals surface area (Å²) in [7, 11) is 0. The molecule has 21 heavy (non-hydrogen) atoms. The topological polar surface area (TPSA) is 53.0 Å². The maximum atomic E-state index is 13.0. The van der Waals surface area contributed by atoms with Crippen LogP contribution in [0.15, 0.2) is 24.3 Å². The summed E-state index contributed by atoms with van der Waals surface area (Å²) in [6.07, 6.45) is 0.0699. The number of morpholine rings is 1. The van der Waals surface area contributed by atoms with Crippen molar-refractivity contribution >= 4 is 11.7 Å². The molecule has 1 aliphatic heterocycles. The molecule has 1 aromatic rings. The van der Waals surface area contributed by atoms with Crippen molar-refractivity contribution in [2.24, 2.45) is 0 Å². The van der Waals surface area contributed by atoms with E-state index in [0.717, 1.165) is 45.1 Å². The zero-order valence-corrected chi connectivity index (χ0v) is 12.0. The molecule has 0 aliphatic carbocycles. The number of hydrogen-bond acceptors (Lipinski definition) is 4. The maximum Gasteiger partial charge on any atom is 0.305 e. The lowest BCUT2D eigenvalue weighted by Crippen LogP contribution is -2.42. The summed E-state index contributed by atoms with van der Waals surface area (Å²) in [5.41, 5.74) is 0.853. The fraction of sp³-hybridized carbons (Fsp3) is 0.533. The van der Waals surface area contributed by atoms with Crippen LogP contribution >= 0.6 is 0 Å². The Bertz CT molecular complexity index is 447. The van der Waals surface area contributed by atoms with Crippen molar-refractivity contribution in [2.75, 3.05) is 50.8 Å². The van der Waals surface area contributed by atoms with E-state index in [1.165, 1.54) is 12.1 Å². The molecular formula is C15H21FN2O3. The number of carbonyl (C=O) groups is 1. The Hall–Kier alpha value is -1.66. The van der Waals surface area contributed by atoms with Gasteiger partial charge in [0.05, 0.1) is 19.6 Å². The quantitative estimate of drug-likeness (QED) is 0.825. The predicted molar refractivity (Wildman–Crippen MR) is 78.1 cm³/mol. The van der Waals surface area contributed by atoms with Crippen molar-refractivity contribution in [1.29, 1.82) is 0 Å². The van der Waals surface area contributed by atoms with E-state index in [-0.39, 0.29) is 12.2 Å². The van der Waals surface area contributed by atoms with Crippen LogP contribution in [-0.4, -0.2) is 61.9 Å². The van der Waals surface area contributed by atoms with Gasteiger partial charge in [0.25, 0.3) is 0 Å². The Morgan fingerprint density at radius 3 is 2.52 bits per heavy atom. The standard InChI is InChI=1S/C15H21FN2O3/c16-13-1-3-14(4-2-13)18(6-5-15(19)20)8-7-17-9-11-21-12-10-17/h1-4H,5-12H2,(H,19,20). The lowest BCUT2D eigenvalue weighted by molar-refractivity contribution is -0.136. The minimum absolute atomic E-state index is 0.0699. The van der Waals surface area contributed by atoms with Gasteiger partial charge in [-0.05, 0) is 24.3 Å². The molecule has 0 radical (unpaired) electrons. The van der Waals surface area contributed by atoms with Crippen LogP contribution in [0, 0.1) is 5.82 Å². The summed E-state index contributed by atoms with van der Waals surface area (Å²) in [4.78, 5) is 15.1. The average molecular weight is 296 g/mol. The number of halogens is 1. The molecular weight excluding hydrogens is 275 g/mol. The summed E-state index contributed by atoms with van der Waals surface area (Å²) in [5.74, 6) is -1.11. The fourth-order valence-electron chi connectivity index (χ4n) is 2.34. The van der Waals surface area contributed by atoms with Gasteiger partial charge in [-0.1, -0.05) is 0 Å². The molecule has 0 atom stereocenters. The third kappa shape index (κ3) is 5.32. The molecule has 5 nitrogen and oxygen atoms in total. The molecule has 1 N–H and O–H groups in total. The first-order chi connectivity index (χ1) is 10.1. The van der Waals surface area contributed by atoms with E-state index in [0.29, 0.717) is 6.54 Å². The van der Waals surface area contributed by atoms with Crippen LogP contribution < -0.4 is 4.90 Å². The van der Waals surface area contributed by atoms with E-state index in [9.17, 15) is 9.18 Å². The molecule has 6 heteroatoms. The molecule has 0 aromatic heterocycles. The van der Waals surface area contributed by atoms with Crippen molar-refractivity contribution in [3.05, 3.63) is 30.1 Å². The van der Waals surface area contributed by atoms with E-state index in [1.54, 1.807) is 12.1 Å². The number of carboxylic acids is 1. The van der Waals surface area contributed by atoms with E-state index in [1.807, 2.05) is 4.90 Å². The second-order valence-electron chi connectivity index (χ2n) is 5.06. The minimum atomic E-state index is -0.825. The van der Waals surface area contributed by atoms with E-state index >= 15 is 0 Å². The minimum Gasteiger partial charge on any atom is -0.481 e. The Morgan fingerprint density at radius 1 is 1.24 bits per heavy atom. The molecule has 0 unspecified atom stereocenters. The molecule has 2 rings (SSSR count). The summed E-state index contributed by atoms with van der Waals surface area (Å²) < 4.78 is 18.3. The first kappa shape index (κ1) is 15.7. The molecule has 0 bridgehead atoms. The van der Waals surface area contributed by atoms with Gasteiger partial charge in [-0.15, -0.1) is 0 Å². The third-order valence-electron chi connectivity index (χ3n) is 3.58. The molecule has 116 valence electrons. The molecule has 1 heterocycles. The van der Waals surface area contributed by atoms with Crippen molar-refractivity contribution in [3.8, 4) is 0 Å². The zero-order valence-electron chi connectivity index (χ0n) is 12.0. The van der Waals surface area contributed by atoms with Crippen LogP contribution in [0.5, 0.6) is 0 Å². The van der Waals surface area contributed by atoms with Gasteiger partial charge in [0.15, 0.2) is 0 Å². The van der Waals surface area contributed by atoms with Gasteiger partial charge in [-0.25, -0.2) is 4.39 Å². The number of hydrogen-bond donors (Lipinski definition) is 1. The van der Waals surface area contributed by atoms with Gasteiger partial charge in [-0.2, -0.15) is 0 Å². The van der Waals surface area contributed by atoms with E-state index < -0.39 is 5.97 Å². The first-order valence-corrected chi connectivity index (χ1v) is 7.17. The summed E-state index contributed by atoms with van der Waals surface area (Å²) >= 11 is 0. The molecule has 1 saturated heterocycles. The summed E-state index contributed by atoms with van der Waals surface area (Å²) in [6, 6.07) is 6.18. The van der Waals surface area contributed by atoms with Gasteiger partial charge in [0.1, 0.15) is 5.82 Å². The number of aliphatic carboxylic acids is 1. The molecule has 1 aromatic carbocycles. The van der Waals surface area contributed by atoms with Crippen molar-refractivity contribution < 1.29 is 19.0 Å². The van der Waals surface area contributed by atoms with Gasteiger partial charge in [0.2, 0.25) is 0 Å².